The van der Waals surface area contributed by atoms with Gasteiger partial charge in [0, 0.05) is 10.0 Å². The van der Waals surface area contributed by atoms with E-state index < -0.39 is 0 Å². The van der Waals surface area contributed by atoms with Crippen LogP contribution in [0.2, 0.25) is 0 Å². The molecule has 1 aliphatic carbocycles. The van der Waals surface area contributed by atoms with Crippen LogP contribution in [-0.4, -0.2) is 9.97 Å². The third-order valence-electron chi connectivity index (χ3n) is 4.51. The van der Waals surface area contributed by atoms with E-state index in [-0.39, 0.29) is 0 Å². The lowest BCUT2D eigenvalue weighted by Crippen LogP contribution is -1.87. The zero-order valence-electron chi connectivity index (χ0n) is 12.3. The van der Waals surface area contributed by atoms with E-state index >= 15 is 0 Å². The average molecular weight is 361 g/mol. The van der Waals surface area contributed by atoms with Crippen LogP contribution in [0.3, 0.4) is 0 Å². The third kappa shape index (κ3) is 1.97. The first kappa shape index (κ1) is 13.1. The molecule has 0 bridgehead atoms. The molecule has 1 aromatic heterocycles. The lowest BCUT2D eigenvalue weighted by atomic mass is 9.99. The first-order valence-electron chi connectivity index (χ1n) is 7.65. The van der Waals surface area contributed by atoms with Gasteiger partial charge in [-0.1, -0.05) is 52.3 Å². The molecule has 1 N–H and O–H groups in total. The minimum atomic E-state index is 0.943. The van der Waals surface area contributed by atoms with Gasteiger partial charge in [-0.15, -0.1) is 0 Å². The number of para-hydroxylation sites is 2. The van der Waals surface area contributed by atoms with Gasteiger partial charge in [-0.05, 0) is 52.9 Å². The molecule has 0 unspecified atom stereocenters. The maximum absolute atomic E-state index is 4.79. The Morgan fingerprint density at radius 1 is 0.870 bits per heavy atom. The van der Waals surface area contributed by atoms with Crippen molar-refractivity contribution < 1.29 is 0 Å². The van der Waals surface area contributed by atoms with Crippen molar-refractivity contribution in [1.29, 1.82) is 0 Å². The minimum Gasteiger partial charge on any atom is -0.338 e. The Hall–Kier alpha value is -2.39. The van der Waals surface area contributed by atoms with Gasteiger partial charge in [-0.25, -0.2) is 4.98 Å². The first-order chi connectivity index (χ1) is 11.3. The summed E-state index contributed by atoms with van der Waals surface area (Å²) in [6.45, 7) is 0. The standard InChI is InChI=1S/C20H13BrN2/c21-14-8-9-15-13(11-14)10-12-4-3-5-16(19(12)15)20-22-17-6-1-2-7-18(17)23-20/h1-9,11H,10H2,(H,22,23). The molecule has 3 aromatic carbocycles. The van der Waals surface area contributed by atoms with E-state index in [0.717, 1.165) is 27.8 Å². The number of hydrogen-bond acceptors (Lipinski definition) is 1. The van der Waals surface area contributed by atoms with Gasteiger partial charge in [0.05, 0.1) is 11.0 Å². The molecule has 0 atom stereocenters. The van der Waals surface area contributed by atoms with Gasteiger partial charge in [-0.3, -0.25) is 0 Å². The summed E-state index contributed by atoms with van der Waals surface area (Å²) in [6.07, 6.45) is 0.984. The zero-order valence-corrected chi connectivity index (χ0v) is 13.9. The molecular weight excluding hydrogens is 348 g/mol. The molecule has 0 amide bonds. The summed E-state index contributed by atoms with van der Waals surface area (Å²) in [5.41, 5.74) is 8.64. The van der Waals surface area contributed by atoms with Crippen molar-refractivity contribution in [3.8, 4) is 22.5 Å². The smallest absolute Gasteiger partial charge is 0.139 e. The number of aromatic amines is 1. The van der Waals surface area contributed by atoms with Crippen LogP contribution in [0.25, 0.3) is 33.5 Å². The number of imidazole rings is 1. The Balaban J connectivity index is 1.77. The van der Waals surface area contributed by atoms with Crippen molar-refractivity contribution >= 4 is 27.0 Å². The highest BCUT2D eigenvalue weighted by Crippen LogP contribution is 2.43. The molecule has 110 valence electrons. The lowest BCUT2D eigenvalue weighted by molar-refractivity contribution is 1.25. The number of H-pyrrole nitrogens is 1. The number of aromatic nitrogens is 2. The normalized spacial score (nSPS) is 12.4. The number of rotatable bonds is 1. The van der Waals surface area contributed by atoms with Crippen molar-refractivity contribution in [2.75, 3.05) is 0 Å². The summed E-state index contributed by atoms with van der Waals surface area (Å²) in [5, 5.41) is 0. The van der Waals surface area contributed by atoms with Crippen LogP contribution in [0, 0.1) is 0 Å². The summed E-state index contributed by atoms with van der Waals surface area (Å²) in [5.74, 6) is 0.943. The quantitative estimate of drug-likeness (QED) is 0.416. The predicted octanol–water partition coefficient (Wildman–Crippen LogP) is 5.56. The fourth-order valence-electron chi connectivity index (χ4n) is 3.50. The van der Waals surface area contributed by atoms with Gasteiger partial charge in [0.2, 0.25) is 0 Å². The highest BCUT2D eigenvalue weighted by Gasteiger charge is 2.23. The van der Waals surface area contributed by atoms with E-state index in [9.17, 15) is 0 Å². The molecule has 2 nitrogen and oxygen atoms in total. The van der Waals surface area contributed by atoms with Crippen molar-refractivity contribution in [1.82, 2.24) is 9.97 Å². The van der Waals surface area contributed by atoms with Crippen LogP contribution in [-0.2, 0) is 6.42 Å². The molecule has 4 aromatic rings. The fourth-order valence-corrected chi connectivity index (χ4v) is 3.91. The fraction of sp³-hybridized carbons (Fsp3) is 0.0500. The van der Waals surface area contributed by atoms with E-state index in [1.165, 1.54) is 27.8 Å². The van der Waals surface area contributed by atoms with Crippen LogP contribution < -0.4 is 0 Å². The van der Waals surface area contributed by atoms with E-state index in [0.29, 0.717) is 0 Å². The molecule has 5 rings (SSSR count). The Bertz CT molecular complexity index is 1030. The molecule has 0 saturated heterocycles. The van der Waals surface area contributed by atoms with E-state index in [2.05, 4.69) is 63.4 Å². The van der Waals surface area contributed by atoms with Crippen molar-refractivity contribution in [2.24, 2.45) is 0 Å². The highest BCUT2D eigenvalue weighted by atomic mass is 79.9. The lowest BCUT2D eigenvalue weighted by Gasteiger charge is -2.07. The first-order valence-corrected chi connectivity index (χ1v) is 8.45. The molecule has 0 radical (unpaired) electrons. The highest BCUT2D eigenvalue weighted by molar-refractivity contribution is 9.10. The predicted molar refractivity (Wildman–Crippen MR) is 97.5 cm³/mol. The second-order valence-electron chi connectivity index (χ2n) is 5.92. The van der Waals surface area contributed by atoms with Crippen molar-refractivity contribution in [3.05, 3.63) is 76.3 Å². The van der Waals surface area contributed by atoms with Crippen LogP contribution in [0.1, 0.15) is 11.1 Å². The van der Waals surface area contributed by atoms with E-state index in [1.54, 1.807) is 0 Å². The number of hydrogen-bond donors (Lipinski definition) is 1. The molecule has 1 aliphatic rings. The molecular formula is C20H13BrN2. The van der Waals surface area contributed by atoms with E-state index in [1.807, 2.05) is 18.2 Å². The van der Waals surface area contributed by atoms with Crippen LogP contribution in [0.15, 0.2) is 65.1 Å². The maximum Gasteiger partial charge on any atom is 0.139 e. The topological polar surface area (TPSA) is 28.7 Å². The SMILES string of the molecule is Brc1ccc2c(c1)Cc1cccc(-c3nc4ccccc4[nH]3)c1-2. The van der Waals surface area contributed by atoms with Crippen LogP contribution in [0.5, 0.6) is 0 Å². The van der Waals surface area contributed by atoms with Gasteiger partial charge in [0.25, 0.3) is 0 Å². The maximum atomic E-state index is 4.79. The van der Waals surface area contributed by atoms with Crippen LogP contribution in [0.4, 0.5) is 0 Å². The monoisotopic (exact) mass is 360 g/mol. The summed E-state index contributed by atoms with van der Waals surface area (Å²) >= 11 is 3.58. The molecule has 0 spiro atoms. The Kier molecular flexibility index (Phi) is 2.73. The third-order valence-corrected chi connectivity index (χ3v) is 5.01. The summed E-state index contributed by atoms with van der Waals surface area (Å²) in [7, 11) is 0. The van der Waals surface area contributed by atoms with Gasteiger partial charge < -0.3 is 4.98 Å². The molecule has 0 aliphatic heterocycles. The van der Waals surface area contributed by atoms with Gasteiger partial charge in [-0.2, -0.15) is 0 Å². The van der Waals surface area contributed by atoms with Crippen molar-refractivity contribution in [2.45, 2.75) is 6.42 Å². The van der Waals surface area contributed by atoms with Gasteiger partial charge in [0.15, 0.2) is 0 Å². The average Bonchev–Trinajstić information content (AvgIpc) is 3.14. The van der Waals surface area contributed by atoms with Crippen molar-refractivity contribution in [3.63, 3.8) is 0 Å². The molecule has 23 heavy (non-hydrogen) atoms. The molecule has 0 saturated carbocycles. The number of nitrogens with zero attached hydrogens (tertiary/aromatic N) is 1. The molecule has 1 heterocycles. The second-order valence-corrected chi connectivity index (χ2v) is 6.84. The largest absolute Gasteiger partial charge is 0.338 e. The van der Waals surface area contributed by atoms with Crippen LogP contribution >= 0.6 is 15.9 Å². The zero-order chi connectivity index (χ0) is 15.4. The van der Waals surface area contributed by atoms with Gasteiger partial charge >= 0.3 is 0 Å². The second kappa shape index (κ2) is 4.80. The number of fused-ring (bicyclic) bond motifs is 4. The Labute approximate surface area is 142 Å². The number of benzene rings is 3. The number of nitrogens with one attached hydrogen (secondary N) is 1. The molecule has 0 fully saturated rings. The van der Waals surface area contributed by atoms with E-state index in [4.69, 9.17) is 4.98 Å². The summed E-state index contributed by atoms with van der Waals surface area (Å²) < 4.78 is 1.13. The Morgan fingerprint density at radius 3 is 2.70 bits per heavy atom. The number of halogens is 1. The minimum absolute atomic E-state index is 0.943. The Morgan fingerprint density at radius 2 is 1.78 bits per heavy atom. The van der Waals surface area contributed by atoms with Gasteiger partial charge in [0.1, 0.15) is 5.82 Å². The molecule has 3 heteroatoms. The summed E-state index contributed by atoms with van der Waals surface area (Å²) in [6, 6.07) is 21.2. The summed E-state index contributed by atoms with van der Waals surface area (Å²) in [4.78, 5) is 8.25.